The molecule has 0 aliphatic rings. The summed E-state index contributed by atoms with van der Waals surface area (Å²) >= 11 is 1.80. The van der Waals surface area contributed by atoms with E-state index in [0.717, 1.165) is 37.4 Å². The van der Waals surface area contributed by atoms with E-state index in [0.29, 0.717) is 0 Å². The summed E-state index contributed by atoms with van der Waals surface area (Å²) in [6.07, 6.45) is 1.08. The number of fused-ring (bicyclic) bond motifs is 1. The Balaban J connectivity index is 1.40. The number of benzene rings is 1. The van der Waals surface area contributed by atoms with Crippen LogP contribution in [0.3, 0.4) is 0 Å². The summed E-state index contributed by atoms with van der Waals surface area (Å²) < 4.78 is 0. The molecular weight excluding hydrogens is 278 g/mol. The van der Waals surface area contributed by atoms with Crippen LogP contribution >= 0.6 is 11.3 Å². The summed E-state index contributed by atoms with van der Waals surface area (Å²) in [4.78, 5) is 5.99. The minimum absolute atomic E-state index is 0.933. The van der Waals surface area contributed by atoms with E-state index in [4.69, 9.17) is 0 Å². The molecule has 0 aliphatic heterocycles. The monoisotopic (exact) mass is 297 g/mol. The number of hydrogen-bond acceptors (Lipinski definition) is 4. The second kappa shape index (κ2) is 7.20. The molecule has 0 radical (unpaired) electrons. The number of rotatable bonds is 7. The molecule has 2 heterocycles. The lowest BCUT2D eigenvalue weighted by molar-refractivity contribution is 0.668. The van der Waals surface area contributed by atoms with E-state index in [1.165, 1.54) is 10.3 Å². The van der Waals surface area contributed by atoms with Gasteiger partial charge in [0.05, 0.1) is 5.52 Å². The fourth-order valence-corrected chi connectivity index (χ4v) is 2.89. The van der Waals surface area contributed by atoms with Crippen molar-refractivity contribution in [3.63, 3.8) is 0 Å². The first-order valence-corrected chi connectivity index (χ1v) is 8.12. The maximum atomic E-state index is 4.60. The third-order valence-corrected chi connectivity index (χ3v) is 4.19. The number of thiophene rings is 1. The molecular formula is C17H19N3S. The second-order valence-electron chi connectivity index (χ2n) is 4.93. The molecule has 4 heteroatoms. The zero-order chi connectivity index (χ0) is 14.3. The molecule has 1 aromatic carbocycles. The van der Waals surface area contributed by atoms with Crippen LogP contribution in [-0.2, 0) is 6.54 Å². The molecule has 0 unspecified atom stereocenters. The molecule has 2 N–H and O–H groups in total. The SMILES string of the molecule is c1csc(CNCCCNc2ccc3ccccc3n2)c1. The number of hydrogen-bond donors (Lipinski definition) is 2. The number of anilines is 1. The molecule has 3 nitrogen and oxygen atoms in total. The molecule has 0 bridgehead atoms. The molecule has 2 aromatic heterocycles. The summed E-state index contributed by atoms with van der Waals surface area (Å²) in [6.45, 7) is 2.91. The lowest BCUT2D eigenvalue weighted by atomic mass is 10.2. The van der Waals surface area contributed by atoms with Gasteiger partial charge < -0.3 is 10.6 Å². The number of nitrogens with one attached hydrogen (secondary N) is 2. The molecule has 0 fully saturated rings. The minimum atomic E-state index is 0.933. The zero-order valence-electron chi connectivity index (χ0n) is 11.9. The van der Waals surface area contributed by atoms with Crippen LogP contribution in [0.4, 0.5) is 5.82 Å². The van der Waals surface area contributed by atoms with E-state index in [2.05, 4.69) is 45.3 Å². The van der Waals surface area contributed by atoms with Gasteiger partial charge >= 0.3 is 0 Å². The fraction of sp³-hybridized carbons (Fsp3) is 0.235. The van der Waals surface area contributed by atoms with Crippen LogP contribution in [-0.4, -0.2) is 18.1 Å². The number of aromatic nitrogens is 1. The molecule has 0 atom stereocenters. The highest BCUT2D eigenvalue weighted by atomic mass is 32.1. The van der Waals surface area contributed by atoms with Crippen molar-refractivity contribution in [3.8, 4) is 0 Å². The minimum Gasteiger partial charge on any atom is -0.370 e. The van der Waals surface area contributed by atoms with Crippen molar-refractivity contribution in [2.45, 2.75) is 13.0 Å². The van der Waals surface area contributed by atoms with Gasteiger partial charge in [0.2, 0.25) is 0 Å². The normalized spacial score (nSPS) is 10.9. The highest BCUT2D eigenvalue weighted by Gasteiger charge is 1.97. The lowest BCUT2D eigenvalue weighted by Gasteiger charge is -2.07. The predicted molar refractivity (Wildman–Crippen MR) is 90.9 cm³/mol. The first kappa shape index (κ1) is 14.0. The predicted octanol–water partition coefficient (Wildman–Crippen LogP) is 3.89. The Morgan fingerprint density at radius 3 is 2.81 bits per heavy atom. The molecule has 0 spiro atoms. The van der Waals surface area contributed by atoms with Gasteiger partial charge in [0.15, 0.2) is 0 Å². The van der Waals surface area contributed by atoms with Crippen LogP contribution in [0.1, 0.15) is 11.3 Å². The van der Waals surface area contributed by atoms with E-state index in [1.54, 1.807) is 11.3 Å². The quantitative estimate of drug-likeness (QED) is 0.650. The van der Waals surface area contributed by atoms with Gasteiger partial charge in [0.25, 0.3) is 0 Å². The lowest BCUT2D eigenvalue weighted by Crippen LogP contribution is -2.17. The van der Waals surface area contributed by atoms with Crippen LogP contribution in [0.15, 0.2) is 53.9 Å². The van der Waals surface area contributed by atoms with Crippen molar-refractivity contribution >= 4 is 28.1 Å². The third-order valence-electron chi connectivity index (χ3n) is 3.31. The van der Waals surface area contributed by atoms with E-state index < -0.39 is 0 Å². The Bertz CT molecular complexity index is 679. The van der Waals surface area contributed by atoms with Crippen molar-refractivity contribution in [1.82, 2.24) is 10.3 Å². The van der Waals surface area contributed by atoms with E-state index in [1.807, 2.05) is 24.3 Å². The van der Waals surface area contributed by atoms with Gasteiger partial charge in [-0.05, 0) is 42.6 Å². The van der Waals surface area contributed by atoms with Crippen LogP contribution in [0.2, 0.25) is 0 Å². The maximum absolute atomic E-state index is 4.60. The van der Waals surface area contributed by atoms with Crippen molar-refractivity contribution in [1.29, 1.82) is 0 Å². The molecule has 0 aliphatic carbocycles. The van der Waals surface area contributed by atoms with Gasteiger partial charge in [-0.15, -0.1) is 11.3 Å². The summed E-state index contributed by atoms with van der Waals surface area (Å²) in [5.74, 6) is 0.951. The third kappa shape index (κ3) is 4.03. The average molecular weight is 297 g/mol. The van der Waals surface area contributed by atoms with Gasteiger partial charge in [-0.25, -0.2) is 4.98 Å². The first-order valence-electron chi connectivity index (χ1n) is 7.24. The highest BCUT2D eigenvalue weighted by molar-refractivity contribution is 7.09. The van der Waals surface area contributed by atoms with Gasteiger partial charge in [0, 0.05) is 23.4 Å². The Kier molecular flexibility index (Phi) is 4.82. The fourth-order valence-electron chi connectivity index (χ4n) is 2.22. The molecule has 108 valence electrons. The van der Waals surface area contributed by atoms with E-state index in [9.17, 15) is 0 Å². The Labute approximate surface area is 129 Å². The summed E-state index contributed by atoms with van der Waals surface area (Å²) in [5, 5.41) is 10.1. The molecule has 0 saturated carbocycles. The Morgan fingerprint density at radius 2 is 1.90 bits per heavy atom. The average Bonchev–Trinajstić information content (AvgIpc) is 3.04. The number of nitrogens with zero attached hydrogens (tertiary/aromatic N) is 1. The van der Waals surface area contributed by atoms with Gasteiger partial charge in [-0.1, -0.05) is 24.3 Å². The Hall–Kier alpha value is -1.91. The van der Waals surface area contributed by atoms with Crippen molar-refractivity contribution in [3.05, 3.63) is 58.8 Å². The summed E-state index contributed by atoms with van der Waals surface area (Å²) in [7, 11) is 0. The molecule has 3 rings (SSSR count). The van der Waals surface area contributed by atoms with Crippen LogP contribution < -0.4 is 10.6 Å². The maximum Gasteiger partial charge on any atom is 0.126 e. The number of para-hydroxylation sites is 1. The molecule has 21 heavy (non-hydrogen) atoms. The van der Waals surface area contributed by atoms with Gasteiger partial charge in [0.1, 0.15) is 5.82 Å². The standard InChI is InChI=1S/C17H19N3S/c1-2-7-16-14(5-1)8-9-17(20-16)19-11-4-10-18-13-15-6-3-12-21-15/h1-3,5-9,12,18H,4,10-11,13H2,(H,19,20). The van der Waals surface area contributed by atoms with Crippen molar-refractivity contribution in [2.24, 2.45) is 0 Å². The van der Waals surface area contributed by atoms with E-state index in [-0.39, 0.29) is 0 Å². The summed E-state index contributed by atoms with van der Waals surface area (Å²) in [6, 6.07) is 16.6. The van der Waals surface area contributed by atoms with Gasteiger partial charge in [-0.2, -0.15) is 0 Å². The molecule has 0 amide bonds. The van der Waals surface area contributed by atoms with E-state index >= 15 is 0 Å². The van der Waals surface area contributed by atoms with Crippen LogP contribution in [0, 0.1) is 0 Å². The summed E-state index contributed by atoms with van der Waals surface area (Å²) in [5.41, 5.74) is 1.04. The largest absolute Gasteiger partial charge is 0.370 e. The Morgan fingerprint density at radius 1 is 0.952 bits per heavy atom. The molecule has 0 saturated heterocycles. The van der Waals surface area contributed by atoms with Crippen LogP contribution in [0.5, 0.6) is 0 Å². The smallest absolute Gasteiger partial charge is 0.126 e. The number of pyridine rings is 1. The van der Waals surface area contributed by atoms with Gasteiger partial charge in [-0.3, -0.25) is 0 Å². The van der Waals surface area contributed by atoms with Crippen molar-refractivity contribution < 1.29 is 0 Å². The zero-order valence-corrected chi connectivity index (χ0v) is 12.7. The van der Waals surface area contributed by atoms with Crippen LogP contribution in [0.25, 0.3) is 10.9 Å². The first-order chi connectivity index (χ1) is 10.4. The van der Waals surface area contributed by atoms with Crippen molar-refractivity contribution in [2.75, 3.05) is 18.4 Å². The second-order valence-corrected chi connectivity index (χ2v) is 5.96. The highest BCUT2D eigenvalue weighted by Crippen LogP contribution is 2.14. The topological polar surface area (TPSA) is 37.0 Å². The molecule has 3 aromatic rings.